The Hall–Kier alpha value is -0.570. The summed E-state index contributed by atoms with van der Waals surface area (Å²) < 4.78 is 0. The second kappa shape index (κ2) is 6.02. The second-order valence-electron chi connectivity index (χ2n) is 4.33. The second-order valence-corrected chi connectivity index (χ2v) is 4.33. The van der Waals surface area contributed by atoms with Crippen LogP contribution in [0.4, 0.5) is 0 Å². The topological polar surface area (TPSA) is 55.1 Å². The zero-order valence-corrected chi connectivity index (χ0v) is 9.09. The SMILES string of the molecule is CN[C@@H](CCC1CCCCC1)C(N)=O. The van der Waals surface area contributed by atoms with Crippen LogP contribution in [0.25, 0.3) is 0 Å². The van der Waals surface area contributed by atoms with Crippen molar-refractivity contribution >= 4 is 5.91 Å². The lowest BCUT2D eigenvalue weighted by molar-refractivity contribution is -0.120. The van der Waals surface area contributed by atoms with E-state index in [0.717, 1.165) is 18.8 Å². The van der Waals surface area contributed by atoms with Gasteiger partial charge in [-0.25, -0.2) is 0 Å². The number of nitrogens with one attached hydrogen (secondary N) is 1. The molecule has 1 rings (SSSR count). The largest absolute Gasteiger partial charge is 0.368 e. The average molecular weight is 198 g/mol. The minimum absolute atomic E-state index is 0.128. The van der Waals surface area contributed by atoms with Crippen molar-refractivity contribution in [2.75, 3.05) is 7.05 Å². The van der Waals surface area contributed by atoms with E-state index in [1.54, 1.807) is 7.05 Å². The third kappa shape index (κ3) is 3.66. The van der Waals surface area contributed by atoms with Crippen LogP contribution in [0.1, 0.15) is 44.9 Å². The Balaban J connectivity index is 2.20. The van der Waals surface area contributed by atoms with E-state index in [0.29, 0.717) is 0 Å². The Kier molecular flexibility index (Phi) is 4.94. The van der Waals surface area contributed by atoms with Gasteiger partial charge in [-0.1, -0.05) is 32.1 Å². The molecule has 1 amide bonds. The van der Waals surface area contributed by atoms with Gasteiger partial charge in [0.05, 0.1) is 6.04 Å². The van der Waals surface area contributed by atoms with Crippen LogP contribution in [0.3, 0.4) is 0 Å². The molecule has 82 valence electrons. The molecular formula is C11H22N2O. The summed E-state index contributed by atoms with van der Waals surface area (Å²) in [6.07, 6.45) is 8.86. The van der Waals surface area contributed by atoms with E-state index in [1.165, 1.54) is 32.1 Å². The van der Waals surface area contributed by atoms with Crippen LogP contribution in [0, 0.1) is 5.92 Å². The Morgan fingerprint density at radius 1 is 1.43 bits per heavy atom. The number of primary amides is 1. The average Bonchev–Trinajstić information content (AvgIpc) is 2.20. The molecule has 1 atom stereocenters. The highest BCUT2D eigenvalue weighted by Gasteiger charge is 2.17. The van der Waals surface area contributed by atoms with E-state index in [2.05, 4.69) is 5.32 Å². The Labute approximate surface area is 86.4 Å². The van der Waals surface area contributed by atoms with Crippen molar-refractivity contribution in [3.63, 3.8) is 0 Å². The maximum atomic E-state index is 11.0. The van der Waals surface area contributed by atoms with E-state index in [-0.39, 0.29) is 11.9 Å². The zero-order chi connectivity index (χ0) is 10.4. The van der Waals surface area contributed by atoms with Crippen molar-refractivity contribution in [3.05, 3.63) is 0 Å². The first kappa shape index (κ1) is 11.5. The zero-order valence-electron chi connectivity index (χ0n) is 9.09. The molecular weight excluding hydrogens is 176 g/mol. The summed E-state index contributed by atoms with van der Waals surface area (Å²) in [5, 5.41) is 2.97. The molecule has 1 saturated carbocycles. The van der Waals surface area contributed by atoms with Crippen LogP contribution in [-0.4, -0.2) is 19.0 Å². The minimum Gasteiger partial charge on any atom is -0.368 e. The minimum atomic E-state index is -0.219. The summed E-state index contributed by atoms with van der Waals surface area (Å²) in [5.74, 6) is 0.613. The summed E-state index contributed by atoms with van der Waals surface area (Å²) in [7, 11) is 1.80. The molecule has 0 aromatic heterocycles. The first-order valence-electron chi connectivity index (χ1n) is 5.70. The predicted octanol–water partition coefficient (Wildman–Crippen LogP) is 1.42. The molecule has 1 fully saturated rings. The molecule has 0 bridgehead atoms. The summed E-state index contributed by atoms with van der Waals surface area (Å²) in [6.45, 7) is 0. The monoisotopic (exact) mass is 198 g/mol. The number of carbonyl (C=O) groups is 1. The van der Waals surface area contributed by atoms with Gasteiger partial charge in [0.2, 0.25) is 5.91 Å². The molecule has 0 unspecified atom stereocenters. The van der Waals surface area contributed by atoms with Crippen molar-refractivity contribution in [1.29, 1.82) is 0 Å². The van der Waals surface area contributed by atoms with Crippen LogP contribution in [-0.2, 0) is 4.79 Å². The Morgan fingerprint density at radius 2 is 2.07 bits per heavy atom. The van der Waals surface area contributed by atoms with E-state index < -0.39 is 0 Å². The molecule has 0 heterocycles. The lowest BCUT2D eigenvalue weighted by Crippen LogP contribution is -2.39. The number of carbonyl (C=O) groups excluding carboxylic acids is 1. The third-order valence-corrected chi connectivity index (χ3v) is 3.28. The van der Waals surface area contributed by atoms with Crippen molar-refractivity contribution in [1.82, 2.24) is 5.32 Å². The van der Waals surface area contributed by atoms with Crippen molar-refractivity contribution < 1.29 is 4.79 Å². The molecule has 0 spiro atoms. The van der Waals surface area contributed by atoms with Gasteiger partial charge in [-0.3, -0.25) is 4.79 Å². The fraction of sp³-hybridized carbons (Fsp3) is 0.909. The Bertz CT molecular complexity index is 176. The molecule has 0 radical (unpaired) electrons. The number of hydrogen-bond donors (Lipinski definition) is 2. The highest BCUT2D eigenvalue weighted by Crippen LogP contribution is 2.27. The Morgan fingerprint density at radius 3 is 2.57 bits per heavy atom. The van der Waals surface area contributed by atoms with E-state index in [4.69, 9.17) is 5.73 Å². The van der Waals surface area contributed by atoms with E-state index in [1.807, 2.05) is 0 Å². The molecule has 3 heteroatoms. The highest BCUT2D eigenvalue weighted by atomic mass is 16.1. The van der Waals surface area contributed by atoms with Gasteiger partial charge in [0.25, 0.3) is 0 Å². The van der Waals surface area contributed by atoms with E-state index >= 15 is 0 Å². The van der Waals surface area contributed by atoms with Crippen LogP contribution >= 0.6 is 0 Å². The maximum Gasteiger partial charge on any atom is 0.234 e. The summed E-state index contributed by atoms with van der Waals surface area (Å²) in [6, 6.07) is -0.128. The molecule has 0 aliphatic heterocycles. The molecule has 1 aliphatic rings. The maximum absolute atomic E-state index is 11.0. The fourth-order valence-electron chi connectivity index (χ4n) is 2.31. The molecule has 0 aromatic rings. The number of nitrogens with two attached hydrogens (primary N) is 1. The van der Waals surface area contributed by atoms with E-state index in [9.17, 15) is 4.79 Å². The lowest BCUT2D eigenvalue weighted by Gasteiger charge is -2.23. The third-order valence-electron chi connectivity index (χ3n) is 3.28. The number of hydrogen-bond acceptors (Lipinski definition) is 2. The first-order chi connectivity index (χ1) is 6.74. The van der Waals surface area contributed by atoms with Gasteiger partial charge < -0.3 is 11.1 Å². The standard InChI is InChI=1S/C11H22N2O/c1-13-10(11(12)14)8-7-9-5-3-2-4-6-9/h9-10,13H,2-8H2,1H3,(H2,12,14)/t10-/m0/s1. The van der Waals surface area contributed by atoms with Crippen LogP contribution < -0.4 is 11.1 Å². The summed E-state index contributed by atoms with van der Waals surface area (Å²) in [5.41, 5.74) is 5.26. The van der Waals surface area contributed by atoms with Gasteiger partial charge in [0.1, 0.15) is 0 Å². The van der Waals surface area contributed by atoms with Crippen molar-refractivity contribution in [3.8, 4) is 0 Å². The van der Waals surface area contributed by atoms with Crippen LogP contribution in [0.5, 0.6) is 0 Å². The summed E-state index contributed by atoms with van der Waals surface area (Å²) >= 11 is 0. The highest BCUT2D eigenvalue weighted by molar-refractivity contribution is 5.79. The van der Waals surface area contributed by atoms with Gasteiger partial charge in [-0.15, -0.1) is 0 Å². The van der Waals surface area contributed by atoms with Gasteiger partial charge >= 0.3 is 0 Å². The van der Waals surface area contributed by atoms with Crippen molar-refractivity contribution in [2.45, 2.75) is 51.0 Å². The molecule has 3 nitrogen and oxygen atoms in total. The summed E-state index contributed by atoms with van der Waals surface area (Å²) in [4.78, 5) is 11.0. The first-order valence-corrected chi connectivity index (χ1v) is 5.70. The number of rotatable bonds is 5. The van der Waals surface area contributed by atoms with Gasteiger partial charge in [-0.05, 0) is 25.8 Å². The number of likely N-dealkylation sites (N-methyl/N-ethyl adjacent to an activating group) is 1. The van der Waals surface area contributed by atoms with Gasteiger partial charge in [0, 0.05) is 0 Å². The smallest absolute Gasteiger partial charge is 0.234 e. The molecule has 0 aromatic carbocycles. The van der Waals surface area contributed by atoms with Gasteiger partial charge in [0.15, 0.2) is 0 Å². The number of amides is 1. The molecule has 14 heavy (non-hydrogen) atoms. The lowest BCUT2D eigenvalue weighted by atomic mass is 9.85. The quantitative estimate of drug-likeness (QED) is 0.702. The van der Waals surface area contributed by atoms with Crippen LogP contribution in [0.15, 0.2) is 0 Å². The molecule has 0 saturated heterocycles. The normalized spacial score (nSPS) is 20.6. The van der Waals surface area contributed by atoms with Gasteiger partial charge in [-0.2, -0.15) is 0 Å². The fourth-order valence-corrected chi connectivity index (χ4v) is 2.31. The molecule has 1 aliphatic carbocycles. The van der Waals surface area contributed by atoms with Crippen LogP contribution in [0.2, 0.25) is 0 Å². The molecule has 3 N–H and O–H groups in total. The predicted molar refractivity (Wildman–Crippen MR) is 57.9 cm³/mol. The van der Waals surface area contributed by atoms with Crippen molar-refractivity contribution in [2.24, 2.45) is 11.7 Å².